The number of hydrogen-bond donors (Lipinski definition) is 0. The van der Waals surface area contributed by atoms with Crippen LogP contribution in [0.4, 0.5) is 0 Å². The van der Waals surface area contributed by atoms with Gasteiger partial charge in [0, 0.05) is 25.2 Å². The highest BCUT2D eigenvalue weighted by molar-refractivity contribution is 6.14. The van der Waals surface area contributed by atoms with Gasteiger partial charge < -0.3 is 4.90 Å². The SMILES string of the molecule is CCN(CC)C(=O)CN1C(=O)C=CC1=O. The van der Waals surface area contributed by atoms with E-state index in [4.69, 9.17) is 0 Å². The van der Waals surface area contributed by atoms with E-state index in [1.165, 1.54) is 12.2 Å². The van der Waals surface area contributed by atoms with Crippen LogP contribution in [-0.4, -0.2) is 47.2 Å². The van der Waals surface area contributed by atoms with E-state index in [0.29, 0.717) is 13.1 Å². The standard InChI is InChI=1S/C10H14N2O3/c1-3-11(4-2)10(15)7-12-8(13)5-6-9(12)14/h5-6H,3-4,7H2,1-2H3. The zero-order valence-corrected chi connectivity index (χ0v) is 8.90. The van der Waals surface area contributed by atoms with Gasteiger partial charge in [-0.3, -0.25) is 19.3 Å². The second-order valence-corrected chi connectivity index (χ2v) is 3.16. The number of amides is 3. The zero-order chi connectivity index (χ0) is 11.4. The van der Waals surface area contributed by atoms with Gasteiger partial charge in [-0.2, -0.15) is 0 Å². The van der Waals surface area contributed by atoms with E-state index < -0.39 is 11.8 Å². The van der Waals surface area contributed by atoms with Gasteiger partial charge in [0.25, 0.3) is 11.8 Å². The summed E-state index contributed by atoms with van der Waals surface area (Å²) in [4.78, 5) is 36.5. The molecule has 82 valence electrons. The highest BCUT2D eigenvalue weighted by Gasteiger charge is 2.26. The molecule has 3 amide bonds. The molecule has 5 nitrogen and oxygen atoms in total. The van der Waals surface area contributed by atoms with Crippen molar-refractivity contribution in [2.75, 3.05) is 19.6 Å². The molecule has 0 unspecified atom stereocenters. The summed E-state index contributed by atoms with van der Waals surface area (Å²) in [7, 11) is 0. The highest BCUT2D eigenvalue weighted by atomic mass is 16.2. The van der Waals surface area contributed by atoms with Crippen molar-refractivity contribution in [3.05, 3.63) is 12.2 Å². The monoisotopic (exact) mass is 210 g/mol. The molecule has 0 saturated carbocycles. The second kappa shape index (κ2) is 4.72. The summed E-state index contributed by atoms with van der Waals surface area (Å²) < 4.78 is 0. The predicted octanol–water partition coefficient (Wildman–Crippen LogP) is -0.220. The molecule has 0 radical (unpaired) electrons. The first-order chi connectivity index (χ1) is 7.10. The molecule has 1 aliphatic heterocycles. The van der Waals surface area contributed by atoms with Gasteiger partial charge in [-0.15, -0.1) is 0 Å². The fourth-order valence-electron chi connectivity index (χ4n) is 1.40. The minimum absolute atomic E-state index is 0.160. The Labute approximate surface area is 88.3 Å². The van der Waals surface area contributed by atoms with Crippen LogP contribution in [0.15, 0.2) is 12.2 Å². The van der Waals surface area contributed by atoms with Crippen molar-refractivity contribution in [1.29, 1.82) is 0 Å². The maximum Gasteiger partial charge on any atom is 0.254 e. The summed E-state index contributed by atoms with van der Waals surface area (Å²) in [5.74, 6) is -1.04. The van der Waals surface area contributed by atoms with Crippen LogP contribution in [0.25, 0.3) is 0 Å². The smallest absolute Gasteiger partial charge is 0.254 e. The minimum Gasteiger partial charge on any atom is -0.342 e. The fraction of sp³-hybridized carbons (Fsp3) is 0.500. The van der Waals surface area contributed by atoms with Crippen LogP contribution < -0.4 is 0 Å². The van der Waals surface area contributed by atoms with Crippen molar-refractivity contribution in [2.45, 2.75) is 13.8 Å². The lowest BCUT2D eigenvalue weighted by atomic mass is 10.4. The summed E-state index contributed by atoms with van der Waals surface area (Å²) in [6, 6.07) is 0. The molecule has 15 heavy (non-hydrogen) atoms. The van der Waals surface area contributed by atoms with Gasteiger partial charge in [-0.05, 0) is 13.8 Å². The van der Waals surface area contributed by atoms with E-state index >= 15 is 0 Å². The minimum atomic E-state index is -0.416. The summed E-state index contributed by atoms with van der Waals surface area (Å²) in [6.45, 7) is 4.71. The molecule has 1 aliphatic rings. The fourth-order valence-corrected chi connectivity index (χ4v) is 1.40. The van der Waals surface area contributed by atoms with E-state index in [2.05, 4.69) is 0 Å². The number of hydrogen-bond acceptors (Lipinski definition) is 3. The first-order valence-electron chi connectivity index (χ1n) is 4.91. The van der Waals surface area contributed by atoms with Gasteiger partial charge >= 0.3 is 0 Å². The Balaban J connectivity index is 2.59. The maximum absolute atomic E-state index is 11.6. The average molecular weight is 210 g/mol. The summed E-state index contributed by atoms with van der Waals surface area (Å²) in [5.41, 5.74) is 0. The Hall–Kier alpha value is -1.65. The van der Waals surface area contributed by atoms with E-state index in [1.807, 2.05) is 13.8 Å². The predicted molar refractivity (Wildman–Crippen MR) is 53.8 cm³/mol. The van der Waals surface area contributed by atoms with Crippen LogP contribution in [0, 0.1) is 0 Å². The van der Waals surface area contributed by atoms with E-state index in [0.717, 1.165) is 4.90 Å². The highest BCUT2D eigenvalue weighted by Crippen LogP contribution is 2.04. The maximum atomic E-state index is 11.6. The molecule has 1 heterocycles. The topological polar surface area (TPSA) is 57.7 Å². The second-order valence-electron chi connectivity index (χ2n) is 3.16. The molecule has 0 atom stereocenters. The summed E-state index contributed by atoms with van der Waals surface area (Å²) >= 11 is 0. The van der Waals surface area contributed by atoms with Crippen LogP contribution in [0.1, 0.15) is 13.8 Å². The van der Waals surface area contributed by atoms with Gasteiger partial charge in [0.05, 0.1) is 0 Å². The van der Waals surface area contributed by atoms with Crippen molar-refractivity contribution in [2.24, 2.45) is 0 Å². The number of imide groups is 1. The van der Waals surface area contributed by atoms with Crippen LogP contribution in [-0.2, 0) is 14.4 Å². The molecule has 0 aliphatic carbocycles. The molecule has 0 aromatic rings. The molecule has 1 rings (SSSR count). The Kier molecular flexibility index (Phi) is 3.60. The van der Waals surface area contributed by atoms with E-state index in [1.54, 1.807) is 4.90 Å². The summed E-state index contributed by atoms with van der Waals surface area (Å²) in [6.07, 6.45) is 2.36. The Morgan fingerprint density at radius 1 is 1.20 bits per heavy atom. The van der Waals surface area contributed by atoms with Crippen LogP contribution in [0.3, 0.4) is 0 Å². The molecule has 5 heteroatoms. The lowest BCUT2D eigenvalue weighted by Crippen LogP contribution is -2.42. The van der Waals surface area contributed by atoms with Crippen LogP contribution in [0.5, 0.6) is 0 Å². The number of likely N-dealkylation sites (N-methyl/N-ethyl adjacent to an activating group) is 1. The lowest BCUT2D eigenvalue weighted by molar-refractivity contribution is -0.144. The zero-order valence-electron chi connectivity index (χ0n) is 8.90. The van der Waals surface area contributed by atoms with Crippen LogP contribution in [0.2, 0.25) is 0 Å². The number of carbonyl (C=O) groups excluding carboxylic acids is 3. The summed E-state index contributed by atoms with van der Waals surface area (Å²) in [5, 5.41) is 0. The first-order valence-corrected chi connectivity index (χ1v) is 4.91. The van der Waals surface area contributed by atoms with Crippen LogP contribution >= 0.6 is 0 Å². The first kappa shape index (κ1) is 11.4. The Morgan fingerprint density at radius 3 is 2.07 bits per heavy atom. The van der Waals surface area contributed by atoms with Crippen molar-refractivity contribution in [3.8, 4) is 0 Å². The molecular weight excluding hydrogens is 196 g/mol. The molecule has 0 saturated heterocycles. The third kappa shape index (κ3) is 2.43. The van der Waals surface area contributed by atoms with Gasteiger partial charge in [-0.1, -0.05) is 0 Å². The van der Waals surface area contributed by atoms with Crippen molar-refractivity contribution >= 4 is 17.7 Å². The molecular formula is C10H14N2O3. The molecule has 0 aromatic heterocycles. The lowest BCUT2D eigenvalue weighted by Gasteiger charge is -2.21. The Morgan fingerprint density at radius 2 is 1.67 bits per heavy atom. The molecule has 0 aromatic carbocycles. The van der Waals surface area contributed by atoms with Crippen molar-refractivity contribution < 1.29 is 14.4 Å². The third-order valence-electron chi connectivity index (χ3n) is 2.31. The van der Waals surface area contributed by atoms with E-state index in [-0.39, 0.29) is 12.5 Å². The molecule has 0 bridgehead atoms. The van der Waals surface area contributed by atoms with Gasteiger partial charge in [0.1, 0.15) is 6.54 Å². The number of nitrogens with zero attached hydrogens (tertiary/aromatic N) is 2. The number of carbonyl (C=O) groups is 3. The molecule has 0 spiro atoms. The van der Waals surface area contributed by atoms with Gasteiger partial charge in [-0.25, -0.2) is 0 Å². The van der Waals surface area contributed by atoms with Gasteiger partial charge in [0.15, 0.2) is 0 Å². The van der Waals surface area contributed by atoms with Crippen molar-refractivity contribution in [3.63, 3.8) is 0 Å². The average Bonchev–Trinajstić information content (AvgIpc) is 2.51. The normalized spacial score (nSPS) is 14.9. The number of rotatable bonds is 4. The quantitative estimate of drug-likeness (QED) is 0.603. The third-order valence-corrected chi connectivity index (χ3v) is 2.31. The van der Waals surface area contributed by atoms with E-state index in [9.17, 15) is 14.4 Å². The van der Waals surface area contributed by atoms with Gasteiger partial charge in [0.2, 0.25) is 5.91 Å². The Bertz CT molecular complexity index is 301. The van der Waals surface area contributed by atoms with Crippen molar-refractivity contribution in [1.82, 2.24) is 9.80 Å². The molecule has 0 fully saturated rings. The molecule has 0 N–H and O–H groups in total. The largest absolute Gasteiger partial charge is 0.342 e.